The molecule has 6 heteroatoms. The van der Waals surface area contributed by atoms with Crippen LogP contribution in [-0.4, -0.2) is 27.6 Å². The summed E-state index contributed by atoms with van der Waals surface area (Å²) in [4.78, 5) is 15.7. The molecule has 0 saturated heterocycles. The number of amides is 1. The van der Waals surface area contributed by atoms with Gasteiger partial charge in [-0.1, -0.05) is 13.8 Å². The van der Waals surface area contributed by atoms with Gasteiger partial charge in [-0.3, -0.25) is 9.89 Å². The van der Waals surface area contributed by atoms with Crippen LogP contribution in [0.3, 0.4) is 0 Å². The van der Waals surface area contributed by atoms with E-state index in [-0.39, 0.29) is 11.8 Å². The minimum Gasteiger partial charge on any atom is -0.349 e. The van der Waals surface area contributed by atoms with Gasteiger partial charge in [0.2, 0.25) is 5.91 Å². The lowest BCUT2D eigenvalue weighted by Crippen LogP contribution is -2.35. The molecule has 16 heavy (non-hydrogen) atoms. The molecule has 1 heterocycles. The van der Waals surface area contributed by atoms with Crippen molar-refractivity contribution in [2.45, 2.75) is 26.8 Å². The van der Waals surface area contributed by atoms with Crippen molar-refractivity contribution in [3.8, 4) is 0 Å². The van der Waals surface area contributed by atoms with Gasteiger partial charge in [-0.05, 0) is 12.3 Å². The van der Waals surface area contributed by atoms with Crippen molar-refractivity contribution in [2.75, 3.05) is 6.54 Å². The van der Waals surface area contributed by atoms with Gasteiger partial charge in [0.05, 0.1) is 12.5 Å². The van der Waals surface area contributed by atoms with E-state index in [0.717, 1.165) is 6.42 Å². The number of nitrogens with two attached hydrogens (primary N) is 1. The Balaban J connectivity index is 2.37. The quantitative estimate of drug-likeness (QED) is 0.637. The largest absolute Gasteiger partial charge is 0.349 e. The zero-order valence-corrected chi connectivity index (χ0v) is 9.73. The van der Waals surface area contributed by atoms with E-state index in [4.69, 9.17) is 5.73 Å². The molecule has 0 aliphatic carbocycles. The molecule has 0 spiro atoms. The zero-order chi connectivity index (χ0) is 12.0. The van der Waals surface area contributed by atoms with Crippen LogP contribution >= 0.6 is 0 Å². The fourth-order valence-corrected chi connectivity index (χ4v) is 1.51. The highest BCUT2D eigenvalue weighted by atomic mass is 16.1. The molecule has 0 saturated carbocycles. The van der Waals surface area contributed by atoms with Gasteiger partial charge in [0.25, 0.3) is 0 Å². The van der Waals surface area contributed by atoms with Crippen molar-refractivity contribution in [3.05, 3.63) is 12.2 Å². The number of hydrogen-bond donors (Lipinski definition) is 3. The predicted octanol–water partition coefficient (Wildman–Crippen LogP) is 0.0419. The third kappa shape index (κ3) is 3.98. The Morgan fingerprint density at radius 1 is 1.62 bits per heavy atom. The summed E-state index contributed by atoms with van der Waals surface area (Å²) in [5, 5.41) is 9.17. The molecule has 0 aliphatic rings. The number of H-pyrrole nitrogens is 1. The second kappa shape index (κ2) is 6.22. The van der Waals surface area contributed by atoms with E-state index in [1.54, 1.807) is 0 Å². The molecule has 0 aliphatic heterocycles. The van der Waals surface area contributed by atoms with Crippen LogP contribution in [0, 0.1) is 11.8 Å². The van der Waals surface area contributed by atoms with Gasteiger partial charge in [0.1, 0.15) is 12.2 Å². The average Bonchev–Trinajstić information content (AvgIpc) is 2.75. The Kier molecular flexibility index (Phi) is 4.91. The van der Waals surface area contributed by atoms with Gasteiger partial charge in [0, 0.05) is 6.54 Å². The molecule has 0 aromatic carbocycles. The first kappa shape index (κ1) is 12.6. The predicted molar refractivity (Wildman–Crippen MR) is 60.2 cm³/mol. The highest BCUT2D eigenvalue weighted by Gasteiger charge is 2.17. The van der Waals surface area contributed by atoms with Crippen molar-refractivity contribution in [1.29, 1.82) is 0 Å². The number of carbonyl (C=O) groups is 1. The molecule has 4 N–H and O–H groups in total. The lowest BCUT2D eigenvalue weighted by atomic mass is 9.96. The second-order valence-corrected chi connectivity index (χ2v) is 4.21. The first-order valence-corrected chi connectivity index (χ1v) is 5.45. The number of aromatic nitrogens is 3. The van der Waals surface area contributed by atoms with Crippen molar-refractivity contribution < 1.29 is 4.79 Å². The van der Waals surface area contributed by atoms with Crippen LogP contribution in [0.25, 0.3) is 0 Å². The van der Waals surface area contributed by atoms with E-state index in [1.807, 2.05) is 0 Å². The van der Waals surface area contributed by atoms with Gasteiger partial charge in [-0.25, -0.2) is 4.98 Å². The maximum absolute atomic E-state index is 11.8. The first-order chi connectivity index (χ1) is 7.63. The zero-order valence-electron chi connectivity index (χ0n) is 9.73. The third-order valence-electron chi connectivity index (χ3n) is 2.31. The summed E-state index contributed by atoms with van der Waals surface area (Å²) in [6, 6.07) is 0. The third-order valence-corrected chi connectivity index (χ3v) is 2.31. The first-order valence-electron chi connectivity index (χ1n) is 5.45. The maximum atomic E-state index is 11.8. The number of hydrogen-bond acceptors (Lipinski definition) is 4. The van der Waals surface area contributed by atoms with E-state index in [2.05, 4.69) is 34.3 Å². The summed E-state index contributed by atoms with van der Waals surface area (Å²) in [6.45, 7) is 4.90. The molecule has 0 radical (unpaired) electrons. The van der Waals surface area contributed by atoms with E-state index in [1.165, 1.54) is 6.33 Å². The number of carbonyl (C=O) groups excluding carboxylic acids is 1. The normalized spacial score (nSPS) is 12.8. The van der Waals surface area contributed by atoms with E-state index in [9.17, 15) is 4.79 Å². The SMILES string of the molecule is CC(C)CC(CN)C(=O)NCc1ncn[nH]1. The molecule has 1 amide bonds. The number of nitrogens with zero attached hydrogens (tertiary/aromatic N) is 2. The van der Waals surface area contributed by atoms with Gasteiger partial charge in [-0.15, -0.1) is 0 Å². The van der Waals surface area contributed by atoms with Crippen molar-refractivity contribution in [1.82, 2.24) is 20.5 Å². The highest BCUT2D eigenvalue weighted by molar-refractivity contribution is 5.78. The second-order valence-electron chi connectivity index (χ2n) is 4.21. The Bertz CT molecular complexity index is 309. The molecule has 90 valence electrons. The minimum absolute atomic E-state index is 0.0207. The van der Waals surface area contributed by atoms with Crippen LogP contribution in [0.2, 0.25) is 0 Å². The van der Waals surface area contributed by atoms with Crippen molar-refractivity contribution in [2.24, 2.45) is 17.6 Å². The molecule has 1 atom stereocenters. The summed E-state index contributed by atoms with van der Waals surface area (Å²) in [6.07, 6.45) is 2.22. The molecule has 1 rings (SSSR count). The Morgan fingerprint density at radius 2 is 2.38 bits per heavy atom. The van der Waals surface area contributed by atoms with E-state index in [0.29, 0.717) is 24.8 Å². The van der Waals surface area contributed by atoms with Crippen LogP contribution in [0.4, 0.5) is 0 Å². The number of aromatic amines is 1. The minimum atomic E-state index is -0.122. The Morgan fingerprint density at radius 3 is 2.88 bits per heavy atom. The van der Waals surface area contributed by atoms with Crippen LogP contribution in [0.1, 0.15) is 26.1 Å². The number of rotatable bonds is 6. The molecule has 1 unspecified atom stereocenters. The van der Waals surface area contributed by atoms with Gasteiger partial charge >= 0.3 is 0 Å². The van der Waals surface area contributed by atoms with Crippen molar-refractivity contribution >= 4 is 5.91 Å². The fraction of sp³-hybridized carbons (Fsp3) is 0.700. The monoisotopic (exact) mass is 225 g/mol. The van der Waals surface area contributed by atoms with E-state index >= 15 is 0 Å². The molecule has 6 nitrogen and oxygen atoms in total. The van der Waals surface area contributed by atoms with E-state index < -0.39 is 0 Å². The van der Waals surface area contributed by atoms with Gasteiger partial charge in [-0.2, -0.15) is 5.10 Å². The molecule has 0 bridgehead atoms. The summed E-state index contributed by atoms with van der Waals surface area (Å²) >= 11 is 0. The summed E-state index contributed by atoms with van der Waals surface area (Å²) < 4.78 is 0. The molecule has 1 aromatic heterocycles. The summed E-state index contributed by atoms with van der Waals surface area (Å²) in [7, 11) is 0. The lowest BCUT2D eigenvalue weighted by Gasteiger charge is -2.16. The van der Waals surface area contributed by atoms with Gasteiger partial charge < -0.3 is 11.1 Å². The Hall–Kier alpha value is -1.43. The lowest BCUT2D eigenvalue weighted by molar-refractivity contribution is -0.125. The average molecular weight is 225 g/mol. The van der Waals surface area contributed by atoms with Crippen LogP contribution in [0.15, 0.2) is 6.33 Å². The van der Waals surface area contributed by atoms with Crippen LogP contribution in [0.5, 0.6) is 0 Å². The van der Waals surface area contributed by atoms with Crippen LogP contribution in [-0.2, 0) is 11.3 Å². The maximum Gasteiger partial charge on any atom is 0.224 e. The topological polar surface area (TPSA) is 96.7 Å². The molecular formula is C10H19N5O. The molecule has 0 fully saturated rings. The fourth-order valence-electron chi connectivity index (χ4n) is 1.51. The smallest absolute Gasteiger partial charge is 0.224 e. The number of nitrogens with one attached hydrogen (secondary N) is 2. The highest BCUT2D eigenvalue weighted by Crippen LogP contribution is 2.10. The summed E-state index contributed by atoms with van der Waals surface area (Å²) in [5.41, 5.74) is 5.57. The van der Waals surface area contributed by atoms with Crippen LogP contribution < -0.4 is 11.1 Å². The standard InChI is InChI=1S/C10H19N5O/c1-7(2)3-8(4-11)10(16)12-5-9-13-6-14-15-9/h6-8H,3-5,11H2,1-2H3,(H,12,16)(H,13,14,15). The Labute approximate surface area is 95.0 Å². The van der Waals surface area contributed by atoms with Crippen molar-refractivity contribution in [3.63, 3.8) is 0 Å². The molecule has 1 aromatic rings. The molecular weight excluding hydrogens is 206 g/mol. The summed E-state index contributed by atoms with van der Waals surface area (Å²) in [5.74, 6) is 0.966. The van der Waals surface area contributed by atoms with Gasteiger partial charge in [0.15, 0.2) is 0 Å².